The van der Waals surface area contributed by atoms with E-state index in [2.05, 4.69) is 10.4 Å². The summed E-state index contributed by atoms with van der Waals surface area (Å²) in [6.07, 6.45) is -0.605. The molecule has 1 aliphatic rings. The highest BCUT2D eigenvalue weighted by molar-refractivity contribution is 7.51. The number of rotatable bonds is 6. The predicted molar refractivity (Wildman–Crippen MR) is 60.2 cm³/mol. The van der Waals surface area contributed by atoms with Gasteiger partial charge in [0, 0.05) is 6.54 Å². The fourth-order valence-electron chi connectivity index (χ4n) is 1.61. The fourth-order valence-corrected chi connectivity index (χ4v) is 3.17. The zero-order valence-electron chi connectivity index (χ0n) is 9.74. The molecule has 0 aromatic heterocycles. The predicted octanol–water partition coefficient (Wildman–Crippen LogP) is 1.46. The quantitative estimate of drug-likeness (QED) is 0.703. The number of alkyl halides is 1. The van der Waals surface area contributed by atoms with Crippen LogP contribution in [0.2, 0.25) is 0 Å². The first kappa shape index (κ1) is 14.1. The van der Waals surface area contributed by atoms with E-state index < -0.39 is 20.0 Å². The number of halogens is 1. The van der Waals surface area contributed by atoms with E-state index in [1.807, 2.05) is 0 Å². The highest BCUT2D eigenvalue weighted by Crippen LogP contribution is 2.44. The Hall–Kier alpha value is -0.0000000000000000208. The van der Waals surface area contributed by atoms with Crippen molar-refractivity contribution >= 4 is 7.75 Å². The normalized spacial score (nSPS) is 26.9. The molecule has 1 heterocycles. The smallest absolute Gasteiger partial charge is 0.315 e. The van der Waals surface area contributed by atoms with Crippen LogP contribution >= 0.6 is 7.75 Å². The molecule has 1 aliphatic heterocycles. The third-order valence-electron chi connectivity index (χ3n) is 2.32. The Bertz CT molecular complexity index is 245. The average Bonchev–Trinajstić information content (AvgIpc) is 2.22. The van der Waals surface area contributed by atoms with Gasteiger partial charge in [-0.15, -0.1) is 0 Å². The van der Waals surface area contributed by atoms with E-state index in [1.165, 1.54) is 0 Å². The van der Waals surface area contributed by atoms with Crippen LogP contribution in [0.5, 0.6) is 0 Å². The molecule has 0 bridgehead atoms. The van der Waals surface area contributed by atoms with Gasteiger partial charge >= 0.3 is 7.75 Å². The van der Waals surface area contributed by atoms with Crippen LogP contribution in [-0.2, 0) is 13.6 Å². The molecule has 0 aromatic carbocycles. The summed E-state index contributed by atoms with van der Waals surface area (Å²) in [6.45, 7) is 5.06. The van der Waals surface area contributed by atoms with Gasteiger partial charge in [0.2, 0.25) is 0 Å². The van der Waals surface area contributed by atoms with Crippen LogP contribution in [0.4, 0.5) is 4.39 Å². The summed E-state index contributed by atoms with van der Waals surface area (Å²) < 4.78 is 35.7. The van der Waals surface area contributed by atoms with Crippen LogP contribution in [0, 0.1) is 0 Å². The third kappa shape index (κ3) is 4.11. The van der Waals surface area contributed by atoms with Crippen molar-refractivity contribution in [2.45, 2.75) is 32.5 Å². The second-order valence-corrected chi connectivity index (χ2v) is 5.35. The molecule has 0 saturated carbocycles. The molecule has 1 rings (SSSR count). The van der Waals surface area contributed by atoms with Gasteiger partial charge in [0.05, 0.1) is 19.3 Å². The van der Waals surface area contributed by atoms with E-state index in [-0.39, 0.29) is 13.2 Å². The second-order valence-electron chi connectivity index (χ2n) is 3.58. The first-order chi connectivity index (χ1) is 7.61. The van der Waals surface area contributed by atoms with Gasteiger partial charge in [-0.2, -0.15) is 0 Å². The van der Waals surface area contributed by atoms with Gasteiger partial charge in [-0.3, -0.25) is 9.05 Å². The highest BCUT2D eigenvalue weighted by Gasteiger charge is 2.33. The van der Waals surface area contributed by atoms with Crippen LogP contribution in [0.3, 0.4) is 0 Å². The minimum Gasteiger partial charge on any atom is -0.315 e. The SMILES string of the molecule is CCOP(=O)(N[C@H]1CNCC[C@@H]1F)OCC. The molecule has 0 aliphatic carbocycles. The van der Waals surface area contributed by atoms with Gasteiger partial charge in [0.25, 0.3) is 0 Å². The fraction of sp³-hybridized carbons (Fsp3) is 1.00. The Morgan fingerprint density at radius 3 is 2.56 bits per heavy atom. The third-order valence-corrected chi connectivity index (χ3v) is 4.16. The summed E-state index contributed by atoms with van der Waals surface area (Å²) in [4.78, 5) is 0. The minimum atomic E-state index is -3.36. The maximum atomic E-state index is 13.5. The number of nitrogens with one attached hydrogen (secondary N) is 2. The summed E-state index contributed by atoms with van der Waals surface area (Å²) in [7, 11) is -3.36. The molecule has 1 saturated heterocycles. The Morgan fingerprint density at radius 2 is 2.06 bits per heavy atom. The van der Waals surface area contributed by atoms with Crippen molar-refractivity contribution in [2.75, 3.05) is 26.3 Å². The molecule has 0 radical (unpaired) electrons. The summed E-state index contributed by atoms with van der Waals surface area (Å²) in [6, 6.07) is -0.516. The molecular weight excluding hydrogens is 234 g/mol. The van der Waals surface area contributed by atoms with Gasteiger partial charge in [-0.05, 0) is 26.8 Å². The van der Waals surface area contributed by atoms with Gasteiger partial charge in [-0.25, -0.2) is 14.0 Å². The van der Waals surface area contributed by atoms with Crippen LogP contribution in [-0.4, -0.2) is 38.5 Å². The molecule has 16 heavy (non-hydrogen) atoms. The molecule has 5 nitrogen and oxygen atoms in total. The molecule has 96 valence electrons. The number of piperidine rings is 1. The Balaban J connectivity index is 2.55. The van der Waals surface area contributed by atoms with Crippen molar-refractivity contribution in [1.29, 1.82) is 0 Å². The van der Waals surface area contributed by atoms with Crippen LogP contribution in [0.1, 0.15) is 20.3 Å². The number of hydrogen-bond donors (Lipinski definition) is 2. The van der Waals surface area contributed by atoms with Crippen molar-refractivity contribution in [3.05, 3.63) is 0 Å². The van der Waals surface area contributed by atoms with Crippen LogP contribution in [0.25, 0.3) is 0 Å². The van der Waals surface area contributed by atoms with E-state index in [4.69, 9.17) is 9.05 Å². The van der Waals surface area contributed by atoms with Crippen molar-refractivity contribution in [1.82, 2.24) is 10.4 Å². The Labute approximate surface area is 95.7 Å². The standard InChI is InChI=1S/C9H20FN2O3P/c1-3-14-16(13,15-4-2)12-9-7-11-6-5-8(9)10/h8-9,11H,3-7H2,1-2H3,(H,12,13)/t8-,9-/m0/s1. The zero-order valence-corrected chi connectivity index (χ0v) is 10.6. The lowest BCUT2D eigenvalue weighted by Crippen LogP contribution is -2.49. The molecule has 0 spiro atoms. The highest BCUT2D eigenvalue weighted by atomic mass is 31.2. The molecule has 7 heteroatoms. The first-order valence-corrected chi connectivity index (χ1v) is 7.17. The van der Waals surface area contributed by atoms with Gasteiger partial charge in [-0.1, -0.05) is 0 Å². The topological polar surface area (TPSA) is 59.6 Å². The van der Waals surface area contributed by atoms with Crippen LogP contribution in [0.15, 0.2) is 0 Å². The van der Waals surface area contributed by atoms with E-state index in [0.717, 1.165) is 0 Å². The van der Waals surface area contributed by atoms with Gasteiger partial charge in [0.1, 0.15) is 6.17 Å². The van der Waals surface area contributed by atoms with Crippen molar-refractivity contribution in [3.8, 4) is 0 Å². The van der Waals surface area contributed by atoms with E-state index in [0.29, 0.717) is 19.5 Å². The Morgan fingerprint density at radius 1 is 1.44 bits per heavy atom. The van der Waals surface area contributed by atoms with E-state index in [1.54, 1.807) is 13.8 Å². The van der Waals surface area contributed by atoms with Crippen molar-refractivity contribution in [3.63, 3.8) is 0 Å². The molecule has 1 fully saturated rings. The molecule has 2 N–H and O–H groups in total. The van der Waals surface area contributed by atoms with E-state index in [9.17, 15) is 8.96 Å². The Kier molecular flexibility index (Phi) is 5.86. The maximum absolute atomic E-state index is 13.5. The molecule has 0 aromatic rings. The zero-order chi connectivity index (χ0) is 12.0. The van der Waals surface area contributed by atoms with Gasteiger partial charge in [0.15, 0.2) is 0 Å². The molecule has 2 atom stereocenters. The lowest BCUT2D eigenvalue weighted by molar-refractivity contribution is 0.175. The molecule has 0 amide bonds. The largest absolute Gasteiger partial charge is 0.405 e. The summed E-state index contributed by atoms with van der Waals surface area (Å²) >= 11 is 0. The van der Waals surface area contributed by atoms with E-state index >= 15 is 0 Å². The lowest BCUT2D eigenvalue weighted by Gasteiger charge is -2.30. The lowest BCUT2D eigenvalue weighted by atomic mass is 10.1. The van der Waals surface area contributed by atoms with Crippen LogP contribution < -0.4 is 10.4 Å². The second kappa shape index (κ2) is 6.67. The average molecular weight is 254 g/mol. The summed E-state index contributed by atoms with van der Waals surface area (Å²) in [5, 5.41) is 5.69. The van der Waals surface area contributed by atoms with Gasteiger partial charge < -0.3 is 5.32 Å². The summed E-state index contributed by atoms with van der Waals surface area (Å²) in [5.74, 6) is 0. The first-order valence-electron chi connectivity index (χ1n) is 5.63. The summed E-state index contributed by atoms with van der Waals surface area (Å²) in [5.41, 5.74) is 0. The minimum absolute atomic E-state index is 0.265. The van der Waals surface area contributed by atoms with Crippen molar-refractivity contribution in [2.24, 2.45) is 0 Å². The monoisotopic (exact) mass is 254 g/mol. The number of hydrogen-bond acceptors (Lipinski definition) is 4. The molecular formula is C9H20FN2O3P. The maximum Gasteiger partial charge on any atom is 0.405 e. The molecule has 0 unspecified atom stereocenters. The van der Waals surface area contributed by atoms with Crippen molar-refractivity contribution < 1.29 is 18.0 Å².